The smallest absolute Gasteiger partial charge is 0.295 e. The Labute approximate surface area is 184 Å². The topological polar surface area (TPSA) is 146 Å². The second-order valence-corrected chi connectivity index (χ2v) is 8.10. The minimum absolute atomic E-state index is 0.00714. The summed E-state index contributed by atoms with van der Waals surface area (Å²) in [5.74, 6) is 1.05. The molecule has 0 bridgehead atoms. The van der Waals surface area contributed by atoms with Crippen LogP contribution >= 0.6 is 0 Å². The average Bonchev–Trinajstić information content (AvgIpc) is 2.78. The normalized spacial score (nSPS) is 11.3. The molecule has 11 heteroatoms. The minimum atomic E-state index is -4.07. The highest BCUT2D eigenvalue weighted by molar-refractivity contribution is 7.89. The molecule has 3 N–H and O–H groups in total. The first-order chi connectivity index (χ1) is 15.3. The monoisotopic (exact) mass is 456 g/mol. The molecule has 0 aliphatic heterocycles. The van der Waals surface area contributed by atoms with E-state index in [1.165, 1.54) is 19.4 Å². The molecule has 0 saturated heterocycles. The number of ether oxygens (including phenoxy) is 2. The van der Waals surface area contributed by atoms with Gasteiger partial charge in [-0.15, -0.1) is 0 Å². The number of benzene rings is 3. The van der Waals surface area contributed by atoms with Crippen LogP contribution in [0.1, 0.15) is 11.1 Å². The fraction of sp³-hybridized carbons (Fsp3) is 0.0952. The molecule has 0 saturated carbocycles. The predicted octanol–water partition coefficient (Wildman–Crippen LogP) is 3.28. The Bertz CT molecular complexity index is 1250. The maximum Gasteiger partial charge on any atom is 0.295 e. The Hall–Kier alpha value is -3.96. The summed E-state index contributed by atoms with van der Waals surface area (Å²) in [5, 5.41) is 20.3. The molecule has 0 radical (unpaired) electrons. The molecular weight excluding hydrogens is 436 g/mol. The van der Waals surface area contributed by atoms with Crippen molar-refractivity contribution in [1.82, 2.24) is 0 Å². The number of nitro groups is 1. The second kappa shape index (κ2) is 9.90. The number of nitrogens with zero attached hydrogens (tertiary/aromatic N) is 2. The van der Waals surface area contributed by atoms with Crippen LogP contribution < -0.4 is 20.0 Å². The van der Waals surface area contributed by atoms with Crippen molar-refractivity contribution in [2.24, 2.45) is 10.2 Å². The van der Waals surface area contributed by atoms with E-state index >= 15 is 0 Å². The molecule has 0 amide bonds. The van der Waals surface area contributed by atoms with Gasteiger partial charge in [-0.25, -0.2) is 13.6 Å². The first-order valence-electron chi connectivity index (χ1n) is 9.23. The summed E-state index contributed by atoms with van der Waals surface area (Å²) in [5.41, 5.74) is 3.71. The fourth-order valence-electron chi connectivity index (χ4n) is 2.73. The van der Waals surface area contributed by atoms with Crippen molar-refractivity contribution in [1.29, 1.82) is 0 Å². The Morgan fingerprint density at radius 3 is 2.50 bits per heavy atom. The van der Waals surface area contributed by atoms with Crippen molar-refractivity contribution >= 4 is 27.6 Å². The van der Waals surface area contributed by atoms with E-state index in [1.54, 1.807) is 18.2 Å². The zero-order valence-corrected chi connectivity index (χ0v) is 17.8. The highest BCUT2D eigenvalue weighted by Gasteiger charge is 2.18. The lowest BCUT2D eigenvalue weighted by molar-refractivity contribution is -0.384. The Morgan fingerprint density at radius 2 is 1.84 bits per heavy atom. The summed E-state index contributed by atoms with van der Waals surface area (Å²) < 4.78 is 34.0. The van der Waals surface area contributed by atoms with E-state index in [9.17, 15) is 18.5 Å². The van der Waals surface area contributed by atoms with Crippen LogP contribution in [0, 0.1) is 10.1 Å². The van der Waals surface area contributed by atoms with E-state index in [0.717, 1.165) is 17.7 Å². The van der Waals surface area contributed by atoms with Crippen molar-refractivity contribution in [2.45, 2.75) is 11.5 Å². The minimum Gasteiger partial charge on any atom is -0.493 e. The van der Waals surface area contributed by atoms with Gasteiger partial charge in [0, 0.05) is 6.07 Å². The molecule has 32 heavy (non-hydrogen) atoms. The van der Waals surface area contributed by atoms with Crippen molar-refractivity contribution < 1.29 is 22.8 Å². The maximum absolute atomic E-state index is 11.4. The maximum atomic E-state index is 11.4. The van der Waals surface area contributed by atoms with E-state index in [1.807, 2.05) is 30.3 Å². The van der Waals surface area contributed by atoms with Crippen LogP contribution in [0.25, 0.3) is 0 Å². The van der Waals surface area contributed by atoms with Gasteiger partial charge in [0.25, 0.3) is 5.69 Å². The summed E-state index contributed by atoms with van der Waals surface area (Å²) >= 11 is 0. The van der Waals surface area contributed by atoms with Gasteiger partial charge in [-0.05, 0) is 41.5 Å². The first kappa shape index (κ1) is 22.7. The van der Waals surface area contributed by atoms with E-state index in [4.69, 9.17) is 14.6 Å². The molecule has 0 aliphatic carbocycles. The summed E-state index contributed by atoms with van der Waals surface area (Å²) in [6, 6.07) is 18.0. The van der Waals surface area contributed by atoms with E-state index in [-0.39, 0.29) is 10.6 Å². The van der Waals surface area contributed by atoms with E-state index in [0.29, 0.717) is 23.7 Å². The van der Waals surface area contributed by atoms with Crippen LogP contribution in [-0.4, -0.2) is 26.7 Å². The number of nitro benzene ring substituents is 1. The van der Waals surface area contributed by atoms with Gasteiger partial charge in [0.15, 0.2) is 11.5 Å². The van der Waals surface area contributed by atoms with Gasteiger partial charge < -0.3 is 9.47 Å². The summed E-state index contributed by atoms with van der Waals surface area (Å²) in [6.07, 6.45) is 1.44. The molecule has 3 rings (SSSR count). The van der Waals surface area contributed by atoms with Crippen molar-refractivity contribution in [3.8, 4) is 11.5 Å². The number of hydrogen-bond donors (Lipinski definition) is 2. The molecule has 0 spiro atoms. The molecule has 0 unspecified atom stereocenters. The van der Waals surface area contributed by atoms with Gasteiger partial charge in [-0.2, -0.15) is 5.10 Å². The zero-order chi connectivity index (χ0) is 23.1. The number of primary sulfonamides is 1. The van der Waals surface area contributed by atoms with Crippen LogP contribution in [0.3, 0.4) is 0 Å². The molecule has 3 aromatic carbocycles. The van der Waals surface area contributed by atoms with Crippen LogP contribution in [0.4, 0.5) is 11.4 Å². The SMILES string of the molecule is COc1ccc(/C=N/Nc2ccc(S(N)(=O)=O)cc2[N+](=O)[O-])cc1OCc1ccccc1. The predicted molar refractivity (Wildman–Crippen MR) is 119 cm³/mol. The number of sulfonamides is 1. The molecule has 166 valence electrons. The van der Waals surface area contributed by atoms with Gasteiger partial charge in [0.1, 0.15) is 12.3 Å². The van der Waals surface area contributed by atoms with Gasteiger partial charge in [0.2, 0.25) is 10.0 Å². The lowest BCUT2D eigenvalue weighted by atomic mass is 10.2. The van der Waals surface area contributed by atoms with Gasteiger partial charge in [-0.3, -0.25) is 15.5 Å². The highest BCUT2D eigenvalue weighted by Crippen LogP contribution is 2.29. The molecule has 0 aromatic heterocycles. The van der Waals surface area contributed by atoms with Crippen LogP contribution in [-0.2, 0) is 16.6 Å². The average molecular weight is 456 g/mol. The lowest BCUT2D eigenvalue weighted by Crippen LogP contribution is -2.12. The van der Waals surface area contributed by atoms with Gasteiger partial charge >= 0.3 is 0 Å². The Kier molecular flexibility index (Phi) is 7.03. The van der Waals surface area contributed by atoms with Crippen molar-refractivity contribution in [3.63, 3.8) is 0 Å². The number of hydrazone groups is 1. The highest BCUT2D eigenvalue weighted by atomic mass is 32.2. The van der Waals surface area contributed by atoms with Crippen molar-refractivity contribution in [3.05, 3.63) is 88.0 Å². The first-order valence-corrected chi connectivity index (χ1v) is 10.8. The fourth-order valence-corrected chi connectivity index (χ4v) is 3.27. The number of rotatable bonds is 9. The molecule has 0 aliphatic rings. The van der Waals surface area contributed by atoms with Gasteiger partial charge in [0.05, 0.1) is 23.1 Å². The molecule has 0 heterocycles. The summed E-state index contributed by atoms with van der Waals surface area (Å²) in [6.45, 7) is 0.346. The standard InChI is InChI=1S/C21H20N4O6S/c1-30-20-10-7-16(11-21(20)31-14-15-5-3-2-4-6-15)13-23-24-18-9-8-17(32(22,28)29)12-19(18)25(26)27/h2-13,24H,14H2,1H3,(H2,22,28,29)/b23-13+. The third-order valence-corrected chi connectivity index (χ3v) is 5.23. The van der Waals surface area contributed by atoms with E-state index in [2.05, 4.69) is 10.5 Å². The Balaban J connectivity index is 1.77. The number of hydrogen-bond acceptors (Lipinski definition) is 8. The van der Waals surface area contributed by atoms with Crippen LogP contribution in [0.2, 0.25) is 0 Å². The molecule has 0 fully saturated rings. The quantitative estimate of drug-likeness (QED) is 0.285. The molecule has 3 aromatic rings. The third kappa shape index (κ3) is 5.80. The number of anilines is 1. The number of methoxy groups -OCH3 is 1. The van der Waals surface area contributed by atoms with Crippen molar-refractivity contribution in [2.75, 3.05) is 12.5 Å². The molecule has 10 nitrogen and oxygen atoms in total. The Morgan fingerprint density at radius 1 is 1.09 bits per heavy atom. The van der Waals surface area contributed by atoms with Gasteiger partial charge in [-0.1, -0.05) is 30.3 Å². The number of nitrogens with one attached hydrogen (secondary N) is 1. The largest absolute Gasteiger partial charge is 0.493 e. The molecular formula is C21H20N4O6S. The summed E-state index contributed by atoms with van der Waals surface area (Å²) in [7, 11) is -2.54. The third-order valence-electron chi connectivity index (χ3n) is 4.32. The van der Waals surface area contributed by atoms with E-state index < -0.39 is 20.6 Å². The van der Waals surface area contributed by atoms with Crippen LogP contribution in [0.5, 0.6) is 11.5 Å². The second-order valence-electron chi connectivity index (χ2n) is 6.54. The lowest BCUT2D eigenvalue weighted by Gasteiger charge is -2.11. The molecule has 0 atom stereocenters. The zero-order valence-electron chi connectivity index (χ0n) is 17.0. The number of nitrogens with two attached hydrogens (primary N) is 1. The summed E-state index contributed by atoms with van der Waals surface area (Å²) in [4.78, 5) is 10.2. The van der Waals surface area contributed by atoms with Crippen LogP contribution in [0.15, 0.2) is 76.7 Å².